The van der Waals surface area contributed by atoms with Crippen molar-refractivity contribution in [2.75, 3.05) is 6.54 Å². The molecule has 0 bridgehead atoms. The number of amides is 1. The Morgan fingerprint density at radius 2 is 2.17 bits per heavy atom. The second-order valence-electron chi connectivity index (χ2n) is 4.70. The van der Waals surface area contributed by atoms with Crippen molar-refractivity contribution in [1.82, 2.24) is 0 Å². The number of hydrogen-bond donors (Lipinski definition) is 2. The molecule has 0 radical (unpaired) electrons. The molecule has 1 rings (SSSR count). The number of allylic oxidation sites excluding steroid dienone is 5. The third-order valence-electron chi connectivity index (χ3n) is 3.14. The van der Waals surface area contributed by atoms with Gasteiger partial charge in [0.2, 0.25) is 5.91 Å². The summed E-state index contributed by atoms with van der Waals surface area (Å²) < 4.78 is 0. The standard InChI is InChI=1S/C15H24N2O/c16-12-4-7-14(10-11-15(17)18)9-8-13-5-2-1-3-6-13/h4-5,7,9H,1-3,6,8,10-12,16H2,(H2,17,18)/b7-4-,14-9+. The van der Waals surface area contributed by atoms with Crippen LogP contribution in [0.25, 0.3) is 0 Å². The van der Waals surface area contributed by atoms with E-state index >= 15 is 0 Å². The minimum Gasteiger partial charge on any atom is -0.370 e. The summed E-state index contributed by atoms with van der Waals surface area (Å²) in [5.41, 5.74) is 13.3. The fourth-order valence-corrected chi connectivity index (χ4v) is 2.09. The first-order chi connectivity index (χ1) is 8.72. The molecule has 4 N–H and O–H groups in total. The molecule has 1 aliphatic rings. The van der Waals surface area contributed by atoms with E-state index < -0.39 is 0 Å². The zero-order chi connectivity index (χ0) is 13.2. The predicted octanol–water partition coefficient (Wildman–Crippen LogP) is 2.58. The van der Waals surface area contributed by atoms with Gasteiger partial charge in [0.1, 0.15) is 0 Å². The Labute approximate surface area is 110 Å². The lowest BCUT2D eigenvalue weighted by atomic mass is 9.96. The highest BCUT2D eigenvalue weighted by atomic mass is 16.1. The summed E-state index contributed by atoms with van der Waals surface area (Å²) in [6.07, 6.45) is 15.6. The maximum atomic E-state index is 10.8. The average molecular weight is 248 g/mol. The van der Waals surface area contributed by atoms with E-state index in [0.29, 0.717) is 19.4 Å². The summed E-state index contributed by atoms with van der Waals surface area (Å²) in [5.74, 6) is -0.251. The van der Waals surface area contributed by atoms with Crippen LogP contribution in [0.3, 0.4) is 0 Å². The highest BCUT2D eigenvalue weighted by Crippen LogP contribution is 2.21. The first kappa shape index (κ1) is 14.7. The number of nitrogens with two attached hydrogens (primary N) is 2. The number of primary amides is 1. The zero-order valence-electron chi connectivity index (χ0n) is 11.0. The fourth-order valence-electron chi connectivity index (χ4n) is 2.09. The number of carbonyl (C=O) groups is 1. The van der Waals surface area contributed by atoms with Gasteiger partial charge in [-0.05, 0) is 38.5 Å². The predicted molar refractivity (Wildman–Crippen MR) is 75.9 cm³/mol. The number of carbonyl (C=O) groups excluding carboxylic acids is 1. The SMILES string of the molecule is NC/C=C\C(=C/CC1=CCCCC1)CCC(N)=O. The second-order valence-corrected chi connectivity index (χ2v) is 4.70. The molecule has 100 valence electrons. The topological polar surface area (TPSA) is 69.1 Å². The van der Waals surface area contributed by atoms with Crippen molar-refractivity contribution in [1.29, 1.82) is 0 Å². The van der Waals surface area contributed by atoms with Crippen LogP contribution in [0.4, 0.5) is 0 Å². The largest absolute Gasteiger partial charge is 0.370 e. The number of rotatable bonds is 7. The van der Waals surface area contributed by atoms with Crippen LogP contribution in [0.1, 0.15) is 44.9 Å². The zero-order valence-corrected chi connectivity index (χ0v) is 11.0. The summed E-state index contributed by atoms with van der Waals surface area (Å²) in [6.45, 7) is 0.524. The molecule has 0 aliphatic heterocycles. The van der Waals surface area contributed by atoms with Gasteiger partial charge in [-0.2, -0.15) is 0 Å². The summed E-state index contributed by atoms with van der Waals surface area (Å²) in [5, 5.41) is 0. The Bertz CT molecular complexity index is 354. The first-order valence-corrected chi connectivity index (χ1v) is 6.74. The average Bonchev–Trinajstić information content (AvgIpc) is 2.39. The molecule has 1 amide bonds. The van der Waals surface area contributed by atoms with Crippen LogP contribution in [-0.4, -0.2) is 12.5 Å². The molecule has 18 heavy (non-hydrogen) atoms. The Morgan fingerprint density at radius 3 is 2.78 bits per heavy atom. The van der Waals surface area contributed by atoms with Crippen LogP contribution in [0.2, 0.25) is 0 Å². The van der Waals surface area contributed by atoms with Crippen LogP contribution in [0.15, 0.2) is 35.5 Å². The maximum Gasteiger partial charge on any atom is 0.217 e. The summed E-state index contributed by atoms with van der Waals surface area (Å²) in [6, 6.07) is 0. The van der Waals surface area contributed by atoms with Crippen LogP contribution in [-0.2, 0) is 4.79 Å². The quantitative estimate of drug-likeness (QED) is 0.537. The van der Waals surface area contributed by atoms with Crippen molar-refractivity contribution in [3.63, 3.8) is 0 Å². The van der Waals surface area contributed by atoms with E-state index in [2.05, 4.69) is 12.2 Å². The minimum atomic E-state index is -0.251. The van der Waals surface area contributed by atoms with Crippen LogP contribution in [0.5, 0.6) is 0 Å². The Hall–Kier alpha value is -1.35. The highest BCUT2D eigenvalue weighted by Gasteiger charge is 2.03. The molecule has 0 heterocycles. The Kier molecular flexibility index (Phi) is 7.11. The van der Waals surface area contributed by atoms with Gasteiger partial charge in [0.15, 0.2) is 0 Å². The van der Waals surface area contributed by atoms with E-state index in [1.807, 2.05) is 12.2 Å². The molecule has 0 aromatic heterocycles. The van der Waals surface area contributed by atoms with Crippen LogP contribution >= 0.6 is 0 Å². The van der Waals surface area contributed by atoms with E-state index in [1.54, 1.807) is 0 Å². The van der Waals surface area contributed by atoms with Crippen molar-refractivity contribution in [2.24, 2.45) is 11.5 Å². The van der Waals surface area contributed by atoms with Crippen LogP contribution < -0.4 is 11.5 Å². The van der Waals surface area contributed by atoms with Gasteiger partial charge in [0.25, 0.3) is 0 Å². The highest BCUT2D eigenvalue weighted by molar-refractivity contribution is 5.74. The molecule has 3 nitrogen and oxygen atoms in total. The van der Waals surface area contributed by atoms with E-state index in [1.165, 1.54) is 31.3 Å². The minimum absolute atomic E-state index is 0.251. The molecule has 0 aromatic rings. The molecule has 0 aromatic carbocycles. The molecule has 3 heteroatoms. The molecular weight excluding hydrogens is 224 g/mol. The molecule has 0 atom stereocenters. The van der Waals surface area contributed by atoms with Crippen molar-refractivity contribution in [3.05, 3.63) is 35.5 Å². The van der Waals surface area contributed by atoms with Crippen LogP contribution in [0, 0.1) is 0 Å². The molecule has 1 aliphatic carbocycles. The van der Waals surface area contributed by atoms with Crippen molar-refractivity contribution in [2.45, 2.75) is 44.9 Å². The maximum absolute atomic E-state index is 10.8. The molecule has 0 fully saturated rings. The van der Waals surface area contributed by atoms with Gasteiger partial charge in [0, 0.05) is 13.0 Å². The van der Waals surface area contributed by atoms with E-state index in [-0.39, 0.29) is 5.91 Å². The van der Waals surface area contributed by atoms with E-state index in [0.717, 1.165) is 12.0 Å². The lowest BCUT2D eigenvalue weighted by Crippen LogP contribution is -2.10. The fraction of sp³-hybridized carbons (Fsp3) is 0.533. The third-order valence-corrected chi connectivity index (χ3v) is 3.14. The Balaban J connectivity index is 2.53. The lowest BCUT2D eigenvalue weighted by Gasteiger charge is -2.11. The van der Waals surface area contributed by atoms with Crippen molar-refractivity contribution >= 4 is 5.91 Å². The monoisotopic (exact) mass is 248 g/mol. The molecule has 0 unspecified atom stereocenters. The van der Waals surface area contributed by atoms with Gasteiger partial charge < -0.3 is 11.5 Å². The van der Waals surface area contributed by atoms with Gasteiger partial charge in [-0.3, -0.25) is 4.79 Å². The molecule has 0 spiro atoms. The second kappa shape index (κ2) is 8.70. The van der Waals surface area contributed by atoms with Gasteiger partial charge in [-0.25, -0.2) is 0 Å². The normalized spacial score (nSPS) is 16.9. The van der Waals surface area contributed by atoms with Gasteiger partial charge in [-0.1, -0.05) is 35.5 Å². The van der Waals surface area contributed by atoms with Gasteiger partial charge in [0.05, 0.1) is 0 Å². The molecule has 0 saturated heterocycles. The van der Waals surface area contributed by atoms with Gasteiger partial charge in [-0.15, -0.1) is 0 Å². The smallest absolute Gasteiger partial charge is 0.217 e. The van der Waals surface area contributed by atoms with Gasteiger partial charge >= 0.3 is 0 Å². The third kappa shape index (κ3) is 6.40. The summed E-state index contributed by atoms with van der Waals surface area (Å²) >= 11 is 0. The molecule has 0 saturated carbocycles. The molecular formula is C15H24N2O. The Morgan fingerprint density at radius 1 is 1.33 bits per heavy atom. The van der Waals surface area contributed by atoms with Crippen molar-refractivity contribution in [3.8, 4) is 0 Å². The lowest BCUT2D eigenvalue weighted by molar-refractivity contribution is -0.117. The first-order valence-electron chi connectivity index (χ1n) is 6.74. The summed E-state index contributed by atoms with van der Waals surface area (Å²) in [4.78, 5) is 10.8. The van der Waals surface area contributed by atoms with E-state index in [4.69, 9.17) is 11.5 Å². The summed E-state index contributed by atoms with van der Waals surface area (Å²) in [7, 11) is 0. The van der Waals surface area contributed by atoms with Crippen molar-refractivity contribution < 1.29 is 4.79 Å². The number of hydrogen-bond acceptors (Lipinski definition) is 2. The van der Waals surface area contributed by atoms with E-state index in [9.17, 15) is 4.79 Å².